The maximum atomic E-state index is 13.6. The molecule has 0 aliphatic heterocycles. The lowest BCUT2D eigenvalue weighted by Crippen LogP contribution is -2.63. The quantitative estimate of drug-likeness (QED) is 0.370. The third-order valence-corrected chi connectivity index (χ3v) is 2.26. The zero-order valence-corrected chi connectivity index (χ0v) is 11.2. The number of halogens is 10. The van der Waals surface area contributed by atoms with Crippen LogP contribution in [0.1, 0.15) is 0 Å². The number of rotatable bonds is 8. The van der Waals surface area contributed by atoms with Gasteiger partial charge in [-0.3, -0.25) is 4.74 Å². The van der Waals surface area contributed by atoms with E-state index < -0.39 is 43.4 Å². The molecule has 0 saturated heterocycles. The molecule has 23 heavy (non-hydrogen) atoms. The summed E-state index contributed by atoms with van der Waals surface area (Å²) in [7, 11) is -0.216. The normalized spacial score (nSPS) is 19.1. The first kappa shape index (κ1) is 21.9. The summed E-state index contributed by atoms with van der Waals surface area (Å²) < 4.78 is 137. The van der Waals surface area contributed by atoms with Crippen molar-refractivity contribution in [1.29, 1.82) is 0 Å². The SMILES string of the molecule is C=CCOCC(F)(OC(F)(F)C(F)(OC)C(F)(F)F)C(F)(F)F. The van der Waals surface area contributed by atoms with Gasteiger partial charge >= 0.3 is 30.2 Å². The molecule has 0 radical (unpaired) electrons. The highest BCUT2D eigenvalue weighted by molar-refractivity contribution is 4.90. The van der Waals surface area contributed by atoms with Crippen molar-refractivity contribution in [2.24, 2.45) is 0 Å². The molecule has 138 valence electrons. The number of hydrogen-bond donors (Lipinski definition) is 0. The number of methoxy groups -OCH3 is 1. The molecule has 2 unspecified atom stereocenters. The lowest BCUT2D eigenvalue weighted by molar-refractivity contribution is -0.503. The molecule has 0 N–H and O–H groups in total. The van der Waals surface area contributed by atoms with Gasteiger partial charge < -0.3 is 9.47 Å². The van der Waals surface area contributed by atoms with Crippen LogP contribution in [0.4, 0.5) is 43.9 Å². The average Bonchev–Trinajstić information content (AvgIpc) is 2.34. The fourth-order valence-corrected chi connectivity index (χ4v) is 1.11. The standard InChI is InChI=1S/C10H10F10O3/c1-3-4-22-5-6(11,8(13,14)15)23-10(19,20)7(12,21-2)9(16,17)18/h3H,1,4-5H2,2H3. The van der Waals surface area contributed by atoms with E-state index in [0.717, 1.165) is 6.08 Å². The molecule has 3 nitrogen and oxygen atoms in total. The smallest absolute Gasteiger partial charge is 0.371 e. The molecule has 0 rings (SSSR count). The van der Waals surface area contributed by atoms with E-state index in [2.05, 4.69) is 20.8 Å². The van der Waals surface area contributed by atoms with Gasteiger partial charge in [-0.15, -0.1) is 6.58 Å². The van der Waals surface area contributed by atoms with Crippen LogP contribution in [0.15, 0.2) is 12.7 Å². The fraction of sp³-hybridized carbons (Fsp3) is 0.800. The van der Waals surface area contributed by atoms with Gasteiger partial charge in [0.25, 0.3) is 0 Å². The van der Waals surface area contributed by atoms with Gasteiger partial charge in [0.1, 0.15) is 6.61 Å². The maximum Gasteiger partial charge on any atom is 0.457 e. The number of alkyl halides is 10. The van der Waals surface area contributed by atoms with Crippen LogP contribution in [-0.2, 0) is 14.2 Å². The zero-order chi connectivity index (χ0) is 18.7. The van der Waals surface area contributed by atoms with Crippen LogP contribution >= 0.6 is 0 Å². The van der Waals surface area contributed by atoms with Crippen molar-refractivity contribution in [3.63, 3.8) is 0 Å². The summed E-state index contributed by atoms with van der Waals surface area (Å²) in [5, 5.41) is 0. The minimum Gasteiger partial charge on any atom is -0.371 e. The first-order chi connectivity index (χ1) is 10.1. The summed E-state index contributed by atoms with van der Waals surface area (Å²) in [5.74, 6) is -11.5. The van der Waals surface area contributed by atoms with Gasteiger partial charge in [-0.2, -0.15) is 43.9 Å². The van der Waals surface area contributed by atoms with E-state index in [1.54, 1.807) is 0 Å². The number of hydrogen-bond acceptors (Lipinski definition) is 3. The van der Waals surface area contributed by atoms with Gasteiger partial charge in [0, 0.05) is 7.11 Å². The van der Waals surface area contributed by atoms with Crippen LogP contribution in [0.5, 0.6) is 0 Å². The van der Waals surface area contributed by atoms with E-state index in [0.29, 0.717) is 0 Å². The van der Waals surface area contributed by atoms with E-state index in [4.69, 9.17) is 0 Å². The van der Waals surface area contributed by atoms with Crippen molar-refractivity contribution in [3.05, 3.63) is 12.7 Å². The molecule has 0 fully saturated rings. The summed E-state index contributed by atoms with van der Waals surface area (Å²) in [4.78, 5) is 0. The van der Waals surface area contributed by atoms with E-state index in [9.17, 15) is 43.9 Å². The summed E-state index contributed by atoms with van der Waals surface area (Å²) in [6, 6.07) is 0. The molecule has 13 heteroatoms. The van der Waals surface area contributed by atoms with Crippen molar-refractivity contribution in [3.8, 4) is 0 Å². The topological polar surface area (TPSA) is 27.7 Å². The fourth-order valence-electron chi connectivity index (χ4n) is 1.11. The monoisotopic (exact) mass is 368 g/mol. The second-order valence-electron chi connectivity index (χ2n) is 3.95. The van der Waals surface area contributed by atoms with E-state index in [1.807, 2.05) is 0 Å². The Morgan fingerprint density at radius 3 is 1.65 bits per heavy atom. The average molecular weight is 368 g/mol. The van der Waals surface area contributed by atoms with Crippen molar-refractivity contribution in [2.45, 2.75) is 30.2 Å². The first-order valence-corrected chi connectivity index (χ1v) is 5.41. The van der Waals surface area contributed by atoms with Crippen molar-refractivity contribution in [2.75, 3.05) is 20.3 Å². The van der Waals surface area contributed by atoms with E-state index in [-0.39, 0.29) is 7.11 Å². The van der Waals surface area contributed by atoms with Crippen LogP contribution in [0.3, 0.4) is 0 Å². The zero-order valence-electron chi connectivity index (χ0n) is 11.2. The van der Waals surface area contributed by atoms with Crippen LogP contribution in [-0.4, -0.2) is 50.5 Å². The summed E-state index contributed by atoms with van der Waals surface area (Å²) in [6.07, 6.45) is -18.4. The van der Waals surface area contributed by atoms with Gasteiger partial charge in [0.2, 0.25) is 0 Å². The van der Waals surface area contributed by atoms with Gasteiger partial charge in [0.05, 0.1) is 6.61 Å². The second-order valence-corrected chi connectivity index (χ2v) is 3.95. The minimum atomic E-state index is -6.53. The highest BCUT2D eigenvalue weighted by atomic mass is 19.4. The lowest BCUT2D eigenvalue weighted by atomic mass is 10.2. The Bertz CT molecular complexity index is 407. The molecule has 0 aromatic carbocycles. The highest BCUT2D eigenvalue weighted by Gasteiger charge is 2.78. The molecular weight excluding hydrogens is 358 g/mol. The van der Waals surface area contributed by atoms with Gasteiger partial charge in [-0.05, 0) is 0 Å². The lowest BCUT2D eigenvalue weighted by Gasteiger charge is -2.37. The van der Waals surface area contributed by atoms with Gasteiger partial charge in [-0.25, -0.2) is 0 Å². The first-order valence-electron chi connectivity index (χ1n) is 5.41. The summed E-state index contributed by atoms with van der Waals surface area (Å²) in [6.45, 7) is -0.117. The molecular formula is C10H10F10O3. The molecule has 0 aliphatic rings. The highest BCUT2D eigenvalue weighted by Crippen LogP contribution is 2.50. The Morgan fingerprint density at radius 1 is 0.870 bits per heavy atom. The molecule has 0 aromatic heterocycles. The van der Waals surface area contributed by atoms with Crippen LogP contribution in [0, 0.1) is 0 Å². The molecule has 0 amide bonds. The number of ether oxygens (including phenoxy) is 3. The Hall–Kier alpha value is -1.08. The van der Waals surface area contributed by atoms with Crippen molar-refractivity contribution >= 4 is 0 Å². The van der Waals surface area contributed by atoms with Crippen LogP contribution < -0.4 is 0 Å². The second kappa shape index (κ2) is 6.81. The summed E-state index contributed by atoms with van der Waals surface area (Å²) >= 11 is 0. The third-order valence-electron chi connectivity index (χ3n) is 2.26. The van der Waals surface area contributed by atoms with Gasteiger partial charge in [-0.1, -0.05) is 6.08 Å². The van der Waals surface area contributed by atoms with Crippen LogP contribution in [0.2, 0.25) is 0 Å². The van der Waals surface area contributed by atoms with Gasteiger partial charge in [0.15, 0.2) is 0 Å². The third kappa shape index (κ3) is 4.47. The molecule has 2 atom stereocenters. The Morgan fingerprint density at radius 2 is 1.35 bits per heavy atom. The molecule has 0 bridgehead atoms. The Balaban J connectivity index is 5.67. The molecule has 0 saturated carbocycles. The molecule has 0 aromatic rings. The molecule has 0 heterocycles. The predicted molar refractivity (Wildman–Crippen MR) is 53.8 cm³/mol. The van der Waals surface area contributed by atoms with E-state index in [1.165, 1.54) is 0 Å². The van der Waals surface area contributed by atoms with E-state index >= 15 is 0 Å². The Kier molecular flexibility index (Phi) is 6.49. The Labute approximate surface area is 122 Å². The molecule has 0 aliphatic carbocycles. The van der Waals surface area contributed by atoms with Crippen molar-refractivity contribution in [1.82, 2.24) is 0 Å². The van der Waals surface area contributed by atoms with Crippen molar-refractivity contribution < 1.29 is 58.1 Å². The largest absolute Gasteiger partial charge is 0.457 e. The minimum absolute atomic E-state index is 0.216. The molecule has 0 spiro atoms. The maximum absolute atomic E-state index is 13.6. The van der Waals surface area contributed by atoms with Crippen LogP contribution in [0.25, 0.3) is 0 Å². The predicted octanol–water partition coefficient (Wildman–Crippen LogP) is 3.90. The summed E-state index contributed by atoms with van der Waals surface area (Å²) in [5.41, 5.74) is 0.